The zero-order chi connectivity index (χ0) is 12.2. The monoisotopic (exact) mass is 229 g/mol. The number of rotatable bonds is 5. The molecule has 0 heterocycles. The van der Waals surface area contributed by atoms with Crippen molar-refractivity contribution in [3.8, 4) is 0 Å². The molecule has 0 spiro atoms. The van der Waals surface area contributed by atoms with Crippen LogP contribution in [0.3, 0.4) is 0 Å². The van der Waals surface area contributed by atoms with E-state index in [9.17, 15) is 0 Å². The van der Waals surface area contributed by atoms with E-state index >= 15 is 0 Å². The van der Waals surface area contributed by atoms with Crippen molar-refractivity contribution >= 4 is 0 Å². The van der Waals surface area contributed by atoms with Crippen LogP contribution in [0.15, 0.2) is 0 Å². The fourth-order valence-corrected chi connectivity index (χ4v) is 2.40. The van der Waals surface area contributed by atoms with Crippen molar-refractivity contribution in [1.82, 2.24) is 5.32 Å². The zero-order valence-corrected chi connectivity index (χ0v) is 11.5. The minimum absolute atomic E-state index is 0.319. The van der Waals surface area contributed by atoms with Gasteiger partial charge in [0.05, 0.1) is 0 Å². The summed E-state index contributed by atoms with van der Waals surface area (Å²) in [4.78, 5) is 0. The fraction of sp³-hybridized carbons (Fsp3) is 1.00. The Bertz CT molecular complexity index is 137. The SMILES string of the molecule is CCCCC1CCCCC1NC.CCCO. The first kappa shape index (κ1) is 15.9. The molecule has 0 amide bonds. The molecule has 2 N–H and O–H groups in total. The van der Waals surface area contributed by atoms with Crippen LogP contribution in [0, 0.1) is 5.92 Å². The van der Waals surface area contributed by atoms with E-state index in [1.165, 1.54) is 44.9 Å². The Kier molecular flexibility index (Phi) is 11.3. The average Bonchev–Trinajstić information content (AvgIpc) is 2.37. The Morgan fingerprint density at radius 2 is 1.75 bits per heavy atom. The molecule has 0 radical (unpaired) electrons. The van der Waals surface area contributed by atoms with E-state index < -0.39 is 0 Å². The number of nitrogens with one attached hydrogen (secondary N) is 1. The molecule has 2 unspecified atom stereocenters. The highest BCUT2D eigenvalue weighted by atomic mass is 16.2. The van der Waals surface area contributed by atoms with Crippen LogP contribution >= 0.6 is 0 Å². The van der Waals surface area contributed by atoms with Crippen LogP contribution in [0.5, 0.6) is 0 Å². The summed E-state index contributed by atoms with van der Waals surface area (Å²) in [5.74, 6) is 0.976. The predicted octanol–water partition coefficient (Wildman–Crippen LogP) is 3.34. The molecule has 1 saturated carbocycles. The topological polar surface area (TPSA) is 32.3 Å². The average molecular weight is 229 g/mol. The van der Waals surface area contributed by atoms with Gasteiger partial charge in [-0.15, -0.1) is 0 Å². The van der Waals surface area contributed by atoms with E-state index in [4.69, 9.17) is 5.11 Å². The van der Waals surface area contributed by atoms with Gasteiger partial charge in [0.2, 0.25) is 0 Å². The Hall–Kier alpha value is -0.0800. The highest BCUT2D eigenvalue weighted by Crippen LogP contribution is 2.28. The van der Waals surface area contributed by atoms with Gasteiger partial charge < -0.3 is 10.4 Å². The Morgan fingerprint density at radius 1 is 1.12 bits per heavy atom. The predicted molar refractivity (Wildman–Crippen MR) is 71.7 cm³/mol. The van der Waals surface area contributed by atoms with Gasteiger partial charge in [-0.3, -0.25) is 0 Å². The van der Waals surface area contributed by atoms with E-state index in [0.717, 1.165) is 18.4 Å². The van der Waals surface area contributed by atoms with Gasteiger partial charge in [-0.25, -0.2) is 0 Å². The number of aliphatic hydroxyl groups excluding tert-OH is 1. The number of aliphatic hydroxyl groups is 1. The lowest BCUT2D eigenvalue weighted by Crippen LogP contribution is -2.35. The molecule has 0 aromatic carbocycles. The molecule has 1 aliphatic rings. The Morgan fingerprint density at radius 3 is 2.25 bits per heavy atom. The first-order valence-electron chi connectivity index (χ1n) is 7.08. The molecule has 1 aliphatic carbocycles. The second-order valence-electron chi connectivity index (χ2n) is 4.81. The lowest BCUT2D eigenvalue weighted by molar-refractivity contribution is 0.255. The van der Waals surface area contributed by atoms with Crippen molar-refractivity contribution in [2.75, 3.05) is 13.7 Å². The molecule has 98 valence electrons. The summed E-state index contributed by atoms with van der Waals surface area (Å²) in [5, 5.41) is 11.3. The standard InChI is InChI=1S/C11H23N.C3H8O/c1-3-4-7-10-8-5-6-9-11(10)12-2;1-2-3-4/h10-12H,3-9H2,1-2H3;4H,2-3H2,1H3. The molecule has 1 rings (SSSR count). The molecule has 16 heavy (non-hydrogen) atoms. The number of hydrogen-bond donors (Lipinski definition) is 2. The summed E-state index contributed by atoms with van der Waals surface area (Å²) in [6, 6.07) is 0.824. The fourth-order valence-electron chi connectivity index (χ4n) is 2.40. The van der Waals surface area contributed by atoms with Gasteiger partial charge in [-0.1, -0.05) is 39.5 Å². The van der Waals surface area contributed by atoms with Gasteiger partial charge in [0.1, 0.15) is 0 Å². The maximum Gasteiger partial charge on any atom is 0.0428 e. The summed E-state index contributed by atoms with van der Waals surface area (Å²) in [5.41, 5.74) is 0. The quantitative estimate of drug-likeness (QED) is 0.758. The highest BCUT2D eigenvalue weighted by Gasteiger charge is 2.22. The second-order valence-corrected chi connectivity index (χ2v) is 4.81. The van der Waals surface area contributed by atoms with E-state index in [1.807, 2.05) is 6.92 Å². The second kappa shape index (κ2) is 11.4. The minimum Gasteiger partial charge on any atom is -0.396 e. The van der Waals surface area contributed by atoms with E-state index in [-0.39, 0.29) is 0 Å². The Labute approximate surface area is 102 Å². The molecule has 1 fully saturated rings. The lowest BCUT2D eigenvalue weighted by atomic mass is 9.81. The maximum absolute atomic E-state index is 7.88. The van der Waals surface area contributed by atoms with Crippen molar-refractivity contribution in [2.24, 2.45) is 5.92 Å². The van der Waals surface area contributed by atoms with Gasteiger partial charge in [-0.2, -0.15) is 0 Å². The highest BCUT2D eigenvalue weighted by molar-refractivity contribution is 4.79. The minimum atomic E-state index is 0.319. The van der Waals surface area contributed by atoms with E-state index in [1.54, 1.807) is 0 Å². The van der Waals surface area contributed by atoms with Gasteiger partial charge in [0, 0.05) is 12.6 Å². The normalized spacial score (nSPS) is 24.8. The smallest absolute Gasteiger partial charge is 0.0428 e. The summed E-state index contributed by atoms with van der Waals surface area (Å²) in [7, 11) is 2.12. The van der Waals surface area contributed by atoms with Crippen LogP contribution in [0.1, 0.15) is 65.2 Å². The molecule has 0 aromatic heterocycles. The molecule has 0 bridgehead atoms. The third-order valence-electron chi connectivity index (χ3n) is 3.43. The molecular formula is C14H31NO. The first-order valence-corrected chi connectivity index (χ1v) is 7.08. The van der Waals surface area contributed by atoms with Crippen LogP contribution in [-0.2, 0) is 0 Å². The van der Waals surface area contributed by atoms with Gasteiger partial charge in [-0.05, 0) is 38.6 Å². The molecular weight excluding hydrogens is 198 g/mol. The van der Waals surface area contributed by atoms with E-state index in [0.29, 0.717) is 6.61 Å². The van der Waals surface area contributed by atoms with Crippen molar-refractivity contribution < 1.29 is 5.11 Å². The van der Waals surface area contributed by atoms with Crippen LogP contribution in [0.25, 0.3) is 0 Å². The van der Waals surface area contributed by atoms with Crippen molar-refractivity contribution in [3.63, 3.8) is 0 Å². The van der Waals surface area contributed by atoms with Crippen LogP contribution in [0.2, 0.25) is 0 Å². The Balaban J connectivity index is 0.000000487. The van der Waals surface area contributed by atoms with E-state index in [2.05, 4.69) is 19.3 Å². The lowest BCUT2D eigenvalue weighted by Gasteiger charge is -2.31. The molecule has 2 heteroatoms. The van der Waals surface area contributed by atoms with Crippen molar-refractivity contribution in [2.45, 2.75) is 71.3 Å². The van der Waals surface area contributed by atoms with Crippen molar-refractivity contribution in [3.05, 3.63) is 0 Å². The third-order valence-corrected chi connectivity index (χ3v) is 3.43. The third kappa shape index (κ3) is 7.24. The molecule has 0 aromatic rings. The molecule has 2 nitrogen and oxygen atoms in total. The van der Waals surface area contributed by atoms with Crippen LogP contribution in [-0.4, -0.2) is 24.8 Å². The van der Waals surface area contributed by atoms with Crippen LogP contribution < -0.4 is 5.32 Å². The van der Waals surface area contributed by atoms with Gasteiger partial charge in [0.25, 0.3) is 0 Å². The maximum atomic E-state index is 7.88. The summed E-state index contributed by atoms with van der Waals surface area (Å²) >= 11 is 0. The summed E-state index contributed by atoms with van der Waals surface area (Å²) in [6.45, 7) is 4.54. The largest absolute Gasteiger partial charge is 0.396 e. The van der Waals surface area contributed by atoms with Crippen LogP contribution in [0.4, 0.5) is 0 Å². The van der Waals surface area contributed by atoms with Crippen molar-refractivity contribution in [1.29, 1.82) is 0 Å². The van der Waals surface area contributed by atoms with Gasteiger partial charge in [0.15, 0.2) is 0 Å². The first-order chi connectivity index (χ1) is 7.79. The molecule has 2 atom stereocenters. The summed E-state index contributed by atoms with van der Waals surface area (Å²) in [6.07, 6.45) is 10.9. The summed E-state index contributed by atoms with van der Waals surface area (Å²) < 4.78 is 0. The number of unbranched alkanes of at least 4 members (excludes halogenated alkanes) is 1. The van der Waals surface area contributed by atoms with Gasteiger partial charge >= 0.3 is 0 Å². The molecule has 0 saturated heterocycles. The number of hydrogen-bond acceptors (Lipinski definition) is 2. The zero-order valence-electron chi connectivity index (χ0n) is 11.5. The molecule has 0 aliphatic heterocycles.